The first-order valence-corrected chi connectivity index (χ1v) is 5.52. The molecule has 0 aromatic heterocycles. The number of aliphatic hydroxyl groups is 1. The summed E-state index contributed by atoms with van der Waals surface area (Å²) in [5.74, 6) is 5.49. The van der Waals surface area contributed by atoms with Gasteiger partial charge in [-0.2, -0.15) is 0 Å². The van der Waals surface area contributed by atoms with E-state index in [-0.39, 0.29) is 5.41 Å². The van der Waals surface area contributed by atoms with Crippen LogP contribution in [0.4, 0.5) is 0 Å². The maximum Gasteiger partial charge on any atom is 0.335 e. The van der Waals surface area contributed by atoms with Gasteiger partial charge in [-0.3, -0.25) is 0 Å². The van der Waals surface area contributed by atoms with Crippen LogP contribution in [-0.4, -0.2) is 24.3 Å². The number of ether oxygens (including phenoxy) is 1. The molecule has 6 fully saturated rings. The lowest BCUT2D eigenvalue weighted by Crippen LogP contribution is -3.07. The summed E-state index contributed by atoms with van der Waals surface area (Å²) >= 11 is 0. The predicted octanol–water partition coefficient (Wildman–Crippen LogP) is -0.112. The molecule has 0 aliphatic heterocycles. The van der Waals surface area contributed by atoms with Crippen LogP contribution < -0.4 is 0 Å². The third-order valence-corrected chi connectivity index (χ3v) is 6.45. The molecule has 0 heterocycles. The van der Waals surface area contributed by atoms with Crippen LogP contribution >= 0.6 is 0 Å². The van der Waals surface area contributed by atoms with Crippen LogP contribution in [0.5, 0.6) is 0 Å². The quantitative estimate of drug-likeness (QED) is 0.621. The highest BCUT2D eigenvalue weighted by Crippen LogP contribution is 3.06. The first-order chi connectivity index (χ1) is 6.76. The summed E-state index contributed by atoms with van der Waals surface area (Å²) in [6.07, 6.45) is -0.808. The third-order valence-electron chi connectivity index (χ3n) is 6.45. The molecule has 74 valence electrons. The summed E-state index contributed by atoms with van der Waals surface area (Å²) in [5, 5.41) is 9.99. The van der Waals surface area contributed by atoms with Gasteiger partial charge in [0.1, 0.15) is 0 Å². The van der Waals surface area contributed by atoms with E-state index in [1.54, 1.807) is 0 Å². The predicted molar refractivity (Wildman–Crippen MR) is 44.9 cm³/mol. The lowest BCUT2D eigenvalue weighted by Gasteiger charge is -3.08. The Balaban J connectivity index is 1.54. The van der Waals surface area contributed by atoms with Gasteiger partial charge >= 0.3 is 5.97 Å². The molecule has 6 rings (SSSR count). The van der Waals surface area contributed by atoms with Gasteiger partial charge in [0.25, 0.3) is 0 Å². The number of carbonyl (C=O) groups is 1. The van der Waals surface area contributed by atoms with E-state index >= 15 is 0 Å². The molecular formula is C11H12O3. The number of rotatable bonds is 2. The van der Waals surface area contributed by atoms with Crippen molar-refractivity contribution in [1.82, 2.24) is 0 Å². The molecular weight excluding hydrogens is 180 g/mol. The Kier molecular flexibility index (Phi) is 0.709. The van der Waals surface area contributed by atoms with E-state index in [2.05, 4.69) is 4.74 Å². The average Bonchev–Trinajstić information content (AvgIpc) is 2.27. The van der Waals surface area contributed by atoms with Crippen molar-refractivity contribution in [1.29, 1.82) is 0 Å². The highest BCUT2D eigenvalue weighted by Gasteiger charge is 3.05. The first-order valence-electron chi connectivity index (χ1n) is 5.52. The lowest BCUT2D eigenvalue weighted by atomic mass is 8.96. The molecule has 0 radical (unpaired) electrons. The van der Waals surface area contributed by atoms with Gasteiger partial charge in [-0.25, -0.2) is 4.79 Å². The molecule has 3 heteroatoms. The largest absolute Gasteiger partial charge is 0.467 e. The topological polar surface area (TPSA) is 46.5 Å². The molecule has 0 spiro atoms. The van der Waals surface area contributed by atoms with Gasteiger partial charge < -0.3 is 9.84 Å². The highest BCUT2D eigenvalue weighted by atomic mass is 16.5. The van der Waals surface area contributed by atoms with Crippen LogP contribution in [-0.2, 0) is 9.53 Å². The van der Waals surface area contributed by atoms with Crippen LogP contribution in [0.3, 0.4) is 0 Å². The van der Waals surface area contributed by atoms with E-state index in [9.17, 15) is 9.90 Å². The Morgan fingerprint density at radius 3 is 2.14 bits per heavy atom. The molecule has 14 heavy (non-hydrogen) atoms. The Hall–Kier alpha value is -0.570. The maximum absolute atomic E-state index is 11.4. The minimum atomic E-state index is -0.808. The summed E-state index contributed by atoms with van der Waals surface area (Å²) in [6.45, 7) is 0. The van der Waals surface area contributed by atoms with E-state index < -0.39 is 12.1 Å². The summed E-state index contributed by atoms with van der Waals surface area (Å²) in [4.78, 5) is 11.4. The summed E-state index contributed by atoms with van der Waals surface area (Å²) < 4.78 is 4.65. The summed E-state index contributed by atoms with van der Waals surface area (Å²) in [6, 6.07) is 0. The molecule has 6 saturated carbocycles. The summed E-state index contributed by atoms with van der Waals surface area (Å²) in [7, 11) is 1.37. The standard InChI is InChI=1S/C11H12O3/c1-14-10(13)9(12)11-6-3-2-4(6)8(11)5(2)7(3)11/h2-9,12H,1H3. The third kappa shape index (κ3) is 0.290. The molecule has 1 N–H and O–H groups in total. The number of methoxy groups -OCH3 is 1. The number of hydrogen-bond donors (Lipinski definition) is 1. The lowest BCUT2D eigenvalue weighted by molar-refractivity contribution is -0.624. The second-order valence-electron chi connectivity index (χ2n) is 5.81. The number of esters is 1. The number of carbonyl (C=O) groups excluding carboxylic acids is 1. The molecule has 1 atom stereocenters. The molecule has 3 nitrogen and oxygen atoms in total. The fourth-order valence-electron chi connectivity index (χ4n) is 6.38. The van der Waals surface area contributed by atoms with Crippen LogP contribution in [0.15, 0.2) is 0 Å². The van der Waals surface area contributed by atoms with E-state index in [1.807, 2.05) is 0 Å². The van der Waals surface area contributed by atoms with Gasteiger partial charge in [-0.1, -0.05) is 0 Å². The zero-order chi connectivity index (χ0) is 9.40. The average molecular weight is 192 g/mol. The molecule has 6 aliphatic rings. The summed E-state index contributed by atoms with van der Waals surface area (Å²) in [5.41, 5.74) is 0.0296. The molecule has 0 aromatic carbocycles. The van der Waals surface area contributed by atoms with Crippen molar-refractivity contribution in [3.8, 4) is 0 Å². The Bertz CT molecular complexity index is 337. The molecule has 0 bridgehead atoms. The van der Waals surface area contributed by atoms with Crippen molar-refractivity contribution >= 4 is 5.97 Å². The number of hydrogen-bond acceptors (Lipinski definition) is 3. The molecule has 0 saturated heterocycles. The van der Waals surface area contributed by atoms with Gasteiger partial charge in [0.2, 0.25) is 0 Å². The Morgan fingerprint density at radius 1 is 1.21 bits per heavy atom. The fraction of sp³-hybridized carbons (Fsp3) is 0.909. The van der Waals surface area contributed by atoms with E-state index in [4.69, 9.17) is 0 Å². The highest BCUT2D eigenvalue weighted by molar-refractivity contribution is 5.78. The normalized spacial score (nSPS) is 74.0. The van der Waals surface area contributed by atoms with Crippen LogP contribution in [0.1, 0.15) is 0 Å². The van der Waals surface area contributed by atoms with Gasteiger partial charge in [0.05, 0.1) is 7.11 Å². The molecule has 0 amide bonds. The van der Waals surface area contributed by atoms with Crippen molar-refractivity contribution in [3.05, 3.63) is 0 Å². The number of aliphatic hydroxyl groups excluding tert-OH is 1. The van der Waals surface area contributed by atoms with Crippen LogP contribution in [0.2, 0.25) is 0 Å². The van der Waals surface area contributed by atoms with Gasteiger partial charge in [0, 0.05) is 5.41 Å². The van der Waals surface area contributed by atoms with Crippen molar-refractivity contribution in [3.63, 3.8) is 0 Å². The van der Waals surface area contributed by atoms with E-state index in [1.165, 1.54) is 7.11 Å². The van der Waals surface area contributed by atoms with Crippen molar-refractivity contribution in [2.75, 3.05) is 7.11 Å². The van der Waals surface area contributed by atoms with Crippen LogP contribution in [0.25, 0.3) is 0 Å². The molecule has 0 aromatic rings. The van der Waals surface area contributed by atoms with Gasteiger partial charge in [-0.15, -0.1) is 0 Å². The molecule has 1 unspecified atom stereocenters. The van der Waals surface area contributed by atoms with Gasteiger partial charge in [-0.05, 0) is 41.4 Å². The minimum Gasteiger partial charge on any atom is -0.467 e. The van der Waals surface area contributed by atoms with Gasteiger partial charge in [0.15, 0.2) is 6.10 Å². The second-order valence-corrected chi connectivity index (χ2v) is 5.81. The Morgan fingerprint density at radius 2 is 1.71 bits per heavy atom. The molecule has 6 aliphatic carbocycles. The zero-order valence-electron chi connectivity index (χ0n) is 7.88. The van der Waals surface area contributed by atoms with Crippen molar-refractivity contribution < 1.29 is 14.6 Å². The zero-order valence-corrected chi connectivity index (χ0v) is 7.88. The van der Waals surface area contributed by atoms with E-state index in [0.29, 0.717) is 17.8 Å². The first kappa shape index (κ1) is 6.83. The SMILES string of the molecule is COC(=O)C(O)C12C3C4C5C3C1C5C42. The van der Waals surface area contributed by atoms with E-state index in [0.717, 1.165) is 23.7 Å². The monoisotopic (exact) mass is 192 g/mol. The van der Waals surface area contributed by atoms with Crippen molar-refractivity contribution in [2.24, 2.45) is 46.8 Å². The maximum atomic E-state index is 11.4. The van der Waals surface area contributed by atoms with Crippen molar-refractivity contribution in [2.45, 2.75) is 6.10 Å². The smallest absolute Gasteiger partial charge is 0.335 e. The Labute approximate surface area is 81.4 Å². The van der Waals surface area contributed by atoms with Crippen LogP contribution in [0, 0.1) is 46.8 Å². The fourth-order valence-corrected chi connectivity index (χ4v) is 6.38. The minimum absolute atomic E-state index is 0.0296. The second kappa shape index (κ2) is 1.45.